The third kappa shape index (κ3) is 3.98. The molecule has 0 atom stereocenters. The topological polar surface area (TPSA) is 17.1 Å². The lowest BCUT2D eigenvalue weighted by molar-refractivity contribution is -0.111. The molecule has 0 saturated heterocycles. The third-order valence-corrected chi connectivity index (χ3v) is 5.02. The van der Waals surface area contributed by atoms with Crippen LogP contribution in [0.3, 0.4) is 0 Å². The van der Waals surface area contributed by atoms with Gasteiger partial charge >= 0.3 is 0 Å². The van der Waals surface area contributed by atoms with Crippen LogP contribution in [0.1, 0.15) is 29.5 Å². The summed E-state index contributed by atoms with van der Waals surface area (Å²) in [4.78, 5) is 12.7. The first-order chi connectivity index (χ1) is 13.2. The Hall–Kier alpha value is -3.19. The summed E-state index contributed by atoms with van der Waals surface area (Å²) in [5.74, 6) is 0.183. The van der Waals surface area contributed by atoms with Crippen molar-refractivity contribution in [2.45, 2.75) is 19.8 Å². The van der Waals surface area contributed by atoms with Crippen molar-refractivity contribution in [1.82, 2.24) is 0 Å². The summed E-state index contributed by atoms with van der Waals surface area (Å²) >= 11 is 0. The molecule has 0 unspecified atom stereocenters. The summed E-state index contributed by atoms with van der Waals surface area (Å²) in [6, 6.07) is 27.0. The molecule has 4 rings (SSSR count). The van der Waals surface area contributed by atoms with Crippen molar-refractivity contribution < 1.29 is 4.79 Å². The van der Waals surface area contributed by atoms with Gasteiger partial charge in [0.15, 0.2) is 5.78 Å². The van der Waals surface area contributed by atoms with E-state index < -0.39 is 0 Å². The Bertz CT molecular complexity index is 1000. The average Bonchev–Trinajstić information content (AvgIpc) is 3.04. The second-order valence-corrected chi connectivity index (χ2v) is 7.07. The highest BCUT2D eigenvalue weighted by atomic mass is 16.1. The van der Waals surface area contributed by atoms with Gasteiger partial charge in [0, 0.05) is 11.1 Å². The van der Waals surface area contributed by atoms with Gasteiger partial charge in [0.1, 0.15) is 0 Å². The van der Waals surface area contributed by atoms with Crippen LogP contribution in [0.4, 0.5) is 0 Å². The Morgan fingerprint density at radius 3 is 1.67 bits per heavy atom. The maximum absolute atomic E-state index is 12.7. The quantitative estimate of drug-likeness (QED) is 0.493. The zero-order valence-corrected chi connectivity index (χ0v) is 15.5. The maximum Gasteiger partial charge on any atom is 0.185 e. The Labute approximate surface area is 160 Å². The van der Waals surface area contributed by atoms with Gasteiger partial charge in [0.25, 0.3) is 0 Å². The summed E-state index contributed by atoms with van der Waals surface area (Å²) < 4.78 is 0. The fourth-order valence-electron chi connectivity index (χ4n) is 3.45. The van der Waals surface area contributed by atoms with Gasteiger partial charge in [-0.2, -0.15) is 0 Å². The highest BCUT2D eigenvalue weighted by Crippen LogP contribution is 2.30. The summed E-state index contributed by atoms with van der Waals surface area (Å²) in [6.07, 6.45) is 5.70. The highest BCUT2D eigenvalue weighted by molar-refractivity contribution is 6.15. The van der Waals surface area contributed by atoms with E-state index in [9.17, 15) is 4.79 Å². The molecular formula is C26H22O. The Balaban J connectivity index is 1.53. The minimum atomic E-state index is 0.183. The van der Waals surface area contributed by atoms with Crippen molar-refractivity contribution in [3.8, 4) is 11.1 Å². The number of hydrogen-bond donors (Lipinski definition) is 0. The molecule has 1 aliphatic rings. The molecule has 0 aliphatic heterocycles. The number of benzene rings is 3. The van der Waals surface area contributed by atoms with Gasteiger partial charge in [0.05, 0.1) is 0 Å². The van der Waals surface area contributed by atoms with Crippen LogP contribution in [-0.4, -0.2) is 5.78 Å². The smallest absolute Gasteiger partial charge is 0.185 e. The number of ketones is 1. The molecule has 1 saturated carbocycles. The van der Waals surface area contributed by atoms with E-state index in [1.54, 1.807) is 0 Å². The molecule has 27 heavy (non-hydrogen) atoms. The van der Waals surface area contributed by atoms with Crippen molar-refractivity contribution in [3.05, 3.63) is 107 Å². The largest absolute Gasteiger partial charge is 0.289 e. The van der Waals surface area contributed by atoms with E-state index in [0.29, 0.717) is 0 Å². The molecule has 0 heterocycles. The van der Waals surface area contributed by atoms with Crippen LogP contribution >= 0.6 is 0 Å². The van der Waals surface area contributed by atoms with Gasteiger partial charge in [0.2, 0.25) is 0 Å². The summed E-state index contributed by atoms with van der Waals surface area (Å²) in [7, 11) is 0. The second kappa shape index (κ2) is 7.59. The number of hydrogen-bond acceptors (Lipinski definition) is 1. The predicted molar refractivity (Wildman–Crippen MR) is 113 cm³/mol. The van der Waals surface area contributed by atoms with Crippen molar-refractivity contribution in [3.63, 3.8) is 0 Å². The highest BCUT2D eigenvalue weighted by Gasteiger charge is 2.22. The van der Waals surface area contributed by atoms with Crippen LogP contribution in [0.25, 0.3) is 23.3 Å². The molecule has 0 amide bonds. The number of carbonyl (C=O) groups excluding carboxylic acids is 1. The first kappa shape index (κ1) is 17.2. The molecule has 0 aromatic heterocycles. The number of carbonyl (C=O) groups is 1. The lowest BCUT2D eigenvalue weighted by Gasteiger charge is -2.02. The number of rotatable bonds is 3. The molecule has 0 bridgehead atoms. The Morgan fingerprint density at radius 2 is 1.11 bits per heavy atom. The molecule has 1 fully saturated rings. The van der Waals surface area contributed by atoms with Crippen LogP contribution in [-0.2, 0) is 4.79 Å². The van der Waals surface area contributed by atoms with E-state index in [-0.39, 0.29) is 5.78 Å². The van der Waals surface area contributed by atoms with Crippen molar-refractivity contribution in [2.75, 3.05) is 0 Å². The fraction of sp³-hybridized carbons (Fsp3) is 0.115. The van der Waals surface area contributed by atoms with Crippen LogP contribution in [0.15, 0.2) is 90.0 Å². The predicted octanol–water partition coefficient (Wildman–Crippen LogP) is 6.49. The van der Waals surface area contributed by atoms with E-state index in [0.717, 1.165) is 35.1 Å². The van der Waals surface area contributed by atoms with E-state index in [1.807, 2.05) is 30.4 Å². The van der Waals surface area contributed by atoms with E-state index in [4.69, 9.17) is 0 Å². The van der Waals surface area contributed by atoms with Gasteiger partial charge in [-0.15, -0.1) is 0 Å². The molecule has 1 nitrogen and oxygen atoms in total. The third-order valence-electron chi connectivity index (χ3n) is 5.02. The molecular weight excluding hydrogens is 328 g/mol. The lowest BCUT2D eigenvalue weighted by Crippen LogP contribution is -1.95. The van der Waals surface area contributed by atoms with E-state index >= 15 is 0 Å². The number of Topliss-reactive ketones (excluding diaryl/α,β-unsaturated/α-hetero) is 1. The minimum absolute atomic E-state index is 0.183. The molecule has 1 heteroatoms. The molecule has 1 aliphatic carbocycles. The monoisotopic (exact) mass is 350 g/mol. The zero-order chi connectivity index (χ0) is 18.6. The van der Waals surface area contributed by atoms with Crippen molar-refractivity contribution in [2.24, 2.45) is 0 Å². The fourth-order valence-corrected chi connectivity index (χ4v) is 3.45. The zero-order valence-electron chi connectivity index (χ0n) is 15.5. The van der Waals surface area contributed by atoms with E-state index in [1.165, 1.54) is 16.7 Å². The van der Waals surface area contributed by atoms with Crippen LogP contribution in [0, 0.1) is 6.92 Å². The maximum atomic E-state index is 12.7. The first-order valence-electron chi connectivity index (χ1n) is 9.37. The van der Waals surface area contributed by atoms with E-state index in [2.05, 4.69) is 67.6 Å². The van der Waals surface area contributed by atoms with Crippen molar-refractivity contribution >= 4 is 17.9 Å². The van der Waals surface area contributed by atoms with Crippen LogP contribution in [0.2, 0.25) is 0 Å². The second-order valence-electron chi connectivity index (χ2n) is 7.07. The SMILES string of the molecule is Cc1ccc(/C=C2\CC/C(=C\c3ccc(-c4ccccc4)cc3)C2=O)cc1. The molecule has 0 radical (unpaired) electrons. The van der Waals surface area contributed by atoms with Gasteiger partial charge in [-0.1, -0.05) is 84.4 Å². The minimum Gasteiger partial charge on any atom is -0.289 e. The first-order valence-corrected chi connectivity index (χ1v) is 9.37. The van der Waals surface area contributed by atoms with Gasteiger partial charge in [-0.05, 0) is 54.2 Å². The average molecular weight is 350 g/mol. The summed E-state index contributed by atoms with van der Waals surface area (Å²) in [5, 5.41) is 0. The van der Waals surface area contributed by atoms with Crippen molar-refractivity contribution in [1.29, 1.82) is 0 Å². The van der Waals surface area contributed by atoms with Gasteiger partial charge in [-0.25, -0.2) is 0 Å². The molecule has 0 spiro atoms. The lowest BCUT2D eigenvalue weighted by atomic mass is 10.0. The Morgan fingerprint density at radius 1 is 0.630 bits per heavy atom. The van der Waals surface area contributed by atoms with Crippen LogP contribution in [0.5, 0.6) is 0 Å². The molecule has 3 aromatic carbocycles. The Kier molecular flexibility index (Phi) is 4.84. The summed E-state index contributed by atoms with van der Waals surface area (Å²) in [6.45, 7) is 2.07. The molecule has 132 valence electrons. The molecule has 3 aromatic rings. The molecule has 0 N–H and O–H groups in total. The summed E-state index contributed by atoms with van der Waals surface area (Å²) in [5.41, 5.74) is 7.61. The van der Waals surface area contributed by atoms with Gasteiger partial charge in [-0.3, -0.25) is 4.79 Å². The number of allylic oxidation sites excluding steroid dienone is 2. The van der Waals surface area contributed by atoms with Crippen LogP contribution < -0.4 is 0 Å². The normalized spacial score (nSPS) is 17.0. The number of aryl methyl sites for hydroxylation is 1. The standard InChI is InChI=1S/C26H22O/c1-19-7-9-20(10-8-19)17-24-15-16-25(26(24)27)18-21-11-13-23(14-12-21)22-5-3-2-4-6-22/h2-14,17-18H,15-16H2,1H3/b24-17+,25-18+. The van der Waals surface area contributed by atoms with Gasteiger partial charge < -0.3 is 0 Å².